The molecule has 1 fully saturated rings. The Balaban J connectivity index is 1.62. The molecule has 0 unspecified atom stereocenters. The van der Waals surface area contributed by atoms with Gasteiger partial charge in [-0.3, -0.25) is 20.4 Å². The van der Waals surface area contributed by atoms with Crippen molar-refractivity contribution < 1.29 is 14.3 Å². The van der Waals surface area contributed by atoms with Crippen molar-refractivity contribution in [3.63, 3.8) is 0 Å². The van der Waals surface area contributed by atoms with Crippen LogP contribution in [0.1, 0.15) is 44.9 Å². The van der Waals surface area contributed by atoms with Gasteiger partial charge in [0.05, 0.1) is 19.3 Å². The molecule has 1 aliphatic carbocycles. The number of rotatable bonds is 7. The summed E-state index contributed by atoms with van der Waals surface area (Å²) in [6.07, 6.45) is 7.68. The van der Waals surface area contributed by atoms with Crippen LogP contribution in [-0.4, -0.2) is 25.5 Å². The normalized spacial score (nSPS) is 14.7. The molecule has 1 aromatic carbocycles. The fraction of sp³-hybridized carbons (Fsp3) is 0.556. The average Bonchev–Trinajstić information content (AvgIpc) is 2.64. The van der Waals surface area contributed by atoms with Crippen LogP contribution in [0.15, 0.2) is 24.3 Å². The lowest BCUT2D eigenvalue weighted by atomic mass is 9.86. The van der Waals surface area contributed by atoms with Crippen LogP contribution in [0.2, 0.25) is 0 Å². The Morgan fingerprint density at radius 1 is 1.08 bits per heavy atom. The lowest BCUT2D eigenvalue weighted by Gasteiger charge is -2.21. The van der Waals surface area contributed by atoms with Gasteiger partial charge >= 0.3 is 0 Å². The van der Waals surface area contributed by atoms with E-state index in [1.807, 2.05) is 24.3 Å². The van der Waals surface area contributed by atoms with Gasteiger partial charge < -0.3 is 10.1 Å². The van der Waals surface area contributed by atoms with Crippen molar-refractivity contribution >= 4 is 17.5 Å². The standard InChI is InChI=1S/C18H27N3O3/c1-24-16-10-6-5-9-15(16)19-13-18(23)21-20-17(22)12-11-14-7-3-2-4-8-14/h5-6,9-10,14,19H,2-4,7-8,11-13H2,1H3,(H,20,22)(H,21,23). The number of anilines is 1. The van der Waals surface area contributed by atoms with E-state index in [1.165, 1.54) is 32.1 Å². The van der Waals surface area contributed by atoms with Crippen LogP contribution in [0.3, 0.4) is 0 Å². The quantitative estimate of drug-likeness (QED) is 0.670. The first kappa shape index (κ1) is 18.1. The maximum Gasteiger partial charge on any atom is 0.257 e. The molecule has 1 saturated carbocycles. The van der Waals surface area contributed by atoms with Crippen molar-refractivity contribution in [2.24, 2.45) is 5.92 Å². The Morgan fingerprint density at radius 3 is 2.54 bits per heavy atom. The maximum absolute atomic E-state index is 11.8. The molecule has 2 rings (SSSR count). The Hall–Kier alpha value is -2.24. The van der Waals surface area contributed by atoms with Gasteiger partial charge in [0.25, 0.3) is 5.91 Å². The van der Waals surface area contributed by atoms with E-state index < -0.39 is 0 Å². The Bertz CT molecular complexity index is 542. The van der Waals surface area contributed by atoms with E-state index in [-0.39, 0.29) is 18.4 Å². The average molecular weight is 333 g/mol. The topological polar surface area (TPSA) is 79.5 Å². The number of carbonyl (C=O) groups excluding carboxylic acids is 2. The zero-order valence-electron chi connectivity index (χ0n) is 14.3. The molecule has 0 aliphatic heterocycles. The molecule has 3 N–H and O–H groups in total. The van der Waals surface area contributed by atoms with Gasteiger partial charge in [-0.1, -0.05) is 44.2 Å². The summed E-state index contributed by atoms with van der Waals surface area (Å²) in [7, 11) is 1.58. The van der Waals surface area contributed by atoms with Crippen molar-refractivity contribution in [3.05, 3.63) is 24.3 Å². The molecule has 1 aliphatic rings. The van der Waals surface area contributed by atoms with Crippen LogP contribution >= 0.6 is 0 Å². The summed E-state index contributed by atoms with van der Waals surface area (Å²) >= 11 is 0. The molecular formula is C18H27N3O3. The molecule has 0 spiro atoms. The predicted molar refractivity (Wildman–Crippen MR) is 93.6 cm³/mol. The van der Waals surface area contributed by atoms with E-state index in [0.29, 0.717) is 18.1 Å². The third kappa shape index (κ3) is 6.10. The second-order valence-corrected chi connectivity index (χ2v) is 6.19. The van der Waals surface area contributed by atoms with Crippen LogP contribution in [0, 0.1) is 5.92 Å². The van der Waals surface area contributed by atoms with Gasteiger partial charge in [-0.15, -0.1) is 0 Å². The molecule has 6 heteroatoms. The minimum atomic E-state index is -0.299. The van der Waals surface area contributed by atoms with E-state index in [4.69, 9.17) is 4.74 Å². The van der Waals surface area contributed by atoms with Gasteiger partial charge in [0.2, 0.25) is 5.91 Å². The van der Waals surface area contributed by atoms with E-state index in [2.05, 4.69) is 16.2 Å². The summed E-state index contributed by atoms with van der Waals surface area (Å²) in [5.41, 5.74) is 5.65. The Morgan fingerprint density at radius 2 is 1.79 bits per heavy atom. The molecule has 6 nitrogen and oxygen atoms in total. The molecule has 0 heterocycles. The molecule has 0 bridgehead atoms. The highest BCUT2D eigenvalue weighted by atomic mass is 16.5. The van der Waals surface area contributed by atoms with Crippen LogP contribution in [0.5, 0.6) is 5.75 Å². The minimum Gasteiger partial charge on any atom is -0.495 e. The summed E-state index contributed by atoms with van der Waals surface area (Å²) in [6, 6.07) is 7.36. The Labute approximate surface area is 143 Å². The number of hydrogen-bond donors (Lipinski definition) is 3. The minimum absolute atomic E-state index is 0.0588. The molecule has 2 amide bonds. The molecule has 0 atom stereocenters. The zero-order valence-corrected chi connectivity index (χ0v) is 14.3. The number of methoxy groups -OCH3 is 1. The van der Waals surface area contributed by atoms with Crippen molar-refractivity contribution in [1.29, 1.82) is 0 Å². The summed E-state index contributed by atoms with van der Waals surface area (Å²) in [4.78, 5) is 23.6. The molecular weight excluding hydrogens is 306 g/mol. The van der Waals surface area contributed by atoms with Gasteiger partial charge in [-0.2, -0.15) is 0 Å². The van der Waals surface area contributed by atoms with Gasteiger partial charge in [0, 0.05) is 6.42 Å². The van der Waals surface area contributed by atoms with E-state index in [1.54, 1.807) is 7.11 Å². The molecule has 132 valence electrons. The molecule has 1 aromatic rings. The van der Waals surface area contributed by atoms with E-state index in [9.17, 15) is 9.59 Å². The third-order valence-electron chi connectivity index (χ3n) is 4.39. The van der Waals surface area contributed by atoms with Crippen molar-refractivity contribution in [2.45, 2.75) is 44.9 Å². The number of ether oxygens (including phenoxy) is 1. The third-order valence-corrected chi connectivity index (χ3v) is 4.39. The monoisotopic (exact) mass is 333 g/mol. The highest BCUT2D eigenvalue weighted by Crippen LogP contribution is 2.27. The van der Waals surface area contributed by atoms with Crippen molar-refractivity contribution in [2.75, 3.05) is 19.0 Å². The second kappa shape index (κ2) is 9.80. The van der Waals surface area contributed by atoms with Crippen molar-refractivity contribution in [3.8, 4) is 5.75 Å². The Kier molecular flexibility index (Phi) is 7.39. The molecule has 0 aromatic heterocycles. The predicted octanol–water partition coefficient (Wildman–Crippen LogP) is 2.62. The van der Waals surface area contributed by atoms with Crippen LogP contribution in [-0.2, 0) is 9.59 Å². The molecule has 24 heavy (non-hydrogen) atoms. The smallest absolute Gasteiger partial charge is 0.257 e. The van der Waals surface area contributed by atoms with Crippen LogP contribution in [0.25, 0.3) is 0 Å². The highest BCUT2D eigenvalue weighted by Gasteiger charge is 2.15. The van der Waals surface area contributed by atoms with E-state index >= 15 is 0 Å². The summed E-state index contributed by atoms with van der Waals surface area (Å²) in [5, 5.41) is 2.98. The highest BCUT2D eigenvalue weighted by molar-refractivity contribution is 5.84. The lowest BCUT2D eigenvalue weighted by Crippen LogP contribution is -2.44. The van der Waals surface area contributed by atoms with Crippen molar-refractivity contribution in [1.82, 2.24) is 10.9 Å². The summed E-state index contributed by atoms with van der Waals surface area (Å²) in [5.74, 6) is 0.896. The lowest BCUT2D eigenvalue weighted by molar-refractivity contribution is -0.128. The molecule has 0 saturated heterocycles. The fourth-order valence-electron chi connectivity index (χ4n) is 3.02. The largest absolute Gasteiger partial charge is 0.495 e. The first-order valence-electron chi connectivity index (χ1n) is 8.63. The number of para-hydroxylation sites is 2. The number of nitrogens with one attached hydrogen (secondary N) is 3. The van der Waals surface area contributed by atoms with Crippen LogP contribution in [0.4, 0.5) is 5.69 Å². The van der Waals surface area contributed by atoms with Gasteiger partial charge in [0.1, 0.15) is 5.75 Å². The number of hydrazine groups is 1. The summed E-state index contributed by atoms with van der Waals surface area (Å²) < 4.78 is 5.20. The maximum atomic E-state index is 11.8. The number of hydrogen-bond acceptors (Lipinski definition) is 4. The SMILES string of the molecule is COc1ccccc1NCC(=O)NNC(=O)CCC1CCCCC1. The number of amides is 2. The second-order valence-electron chi connectivity index (χ2n) is 6.19. The van der Waals surface area contributed by atoms with E-state index in [0.717, 1.165) is 12.1 Å². The fourth-order valence-corrected chi connectivity index (χ4v) is 3.02. The summed E-state index contributed by atoms with van der Waals surface area (Å²) in [6.45, 7) is 0.0588. The van der Waals surface area contributed by atoms with Gasteiger partial charge in [-0.25, -0.2) is 0 Å². The number of benzene rings is 1. The van der Waals surface area contributed by atoms with Gasteiger partial charge in [-0.05, 0) is 24.5 Å². The number of carbonyl (C=O) groups is 2. The van der Waals surface area contributed by atoms with Crippen LogP contribution < -0.4 is 20.9 Å². The van der Waals surface area contributed by atoms with Gasteiger partial charge in [0.15, 0.2) is 0 Å². The first-order chi connectivity index (χ1) is 11.7. The first-order valence-corrected chi connectivity index (χ1v) is 8.63. The molecule has 0 radical (unpaired) electrons. The zero-order chi connectivity index (χ0) is 17.2.